The molecule has 0 aromatic heterocycles. The van der Waals surface area contributed by atoms with E-state index in [0.717, 1.165) is 16.3 Å². The van der Waals surface area contributed by atoms with Crippen molar-refractivity contribution in [2.45, 2.75) is 17.9 Å². The van der Waals surface area contributed by atoms with Gasteiger partial charge in [-0.3, -0.25) is 0 Å². The van der Waals surface area contributed by atoms with Crippen LogP contribution >= 0.6 is 23.4 Å². The van der Waals surface area contributed by atoms with Gasteiger partial charge in [-0.15, -0.1) is 11.8 Å². The molecule has 0 fully saturated rings. The summed E-state index contributed by atoms with van der Waals surface area (Å²) in [7, 11) is 1.98. The number of thioether (sulfide) groups is 1. The van der Waals surface area contributed by atoms with Crippen molar-refractivity contribution in [2.75, 3.05) is 12.8 Å². The van der Waals surface area contributed by atoms with Gasteiger partial charge in [0.25, 0.3) is 0 Å². The van der Waals surface area contributed by atoms with Crippen LogP contribution in [-0.2, 0) is 0 Å². The van der Waals surface area contributed by atoms with Gasteiger partial charge < -0.3 is 5.32 Å². The molecule has 0 saturated heterocycles. The fourth-order valence-electron chi connectivity index (χ4n) is 1.98. The summed E-state index contributed by atoms with van der Waals surface area (Å²) in [5.74, 6) is 0.963. The van der Waals surface area contributed by atoms with Crippen LogP contribution in [0.4, 0.5) is 0 Å². The highest BCUT2D eigenvalue weighted by molar-refractivity contribution is 7.99. The molecule has 0 aliphatic rings. The van der Waals surface area contributed by atoms with Crippen LogP contribution < -0.4 is 5.32 Å². The molecule has 19 heavy (non-hydrogen) atoms. The van der Waals surface area contributed by atoms with Crippen molar-refractivity contribution in [2.24, 2.45) is 0 Å². The molecule has 2 aromatic rings. The first-order chi connectivity index (χ1) is 9.22. The number of benzene rings is 2. The highest BCUT2D eigenvalue weighted by atomic mass is 35.5. The molecular weight excluding hydrogens is 274 g/mol. The lowest BCUT2D eigenvalue weighted by Gasteiger charge is -2.18. The molecule has 1 atom stereocenters. The number of aryl methyl sites for hydroxylation is 1. The second kappa shape index (κ2) is 6.99. The molecule has 0 spiro atoms. The molecule has 0 radical (unpaired) electrons. The quantitative estimate of drug-likeness (QED) is 0.801. The van der Waals surface area contributed by atoms with Gasteiger partial charge in [0.1, 0.15) is 0 Å². The molecule has 0 aliphatic heterocycles. The van der Waals surface area contributed by atoms with Gasteiger partial charge in [-0.25, -0.2) is 0 Å². The van der Waals surface area contributed by atoms with Crippen molar-refractivity contribution in [3.63, 3.8) is 0 Å². The lowest BCUT2D eigenvalue weighted by atomic mass is 10.1. The molecule has 100 valence electrons. The second-order valence-corrected chi connectivity index (χ2v) is 5.91. The van der Waals surface area contributed by atoms with Gasteiger partial charge in [0, 0.05) is 21.7 Å². The molecule has 0 amide bonds. The molecule has 0 aliphatic carbocycles. The molecule has 2 rings (SSSR count). The molecule has 1 N–H and O–H groups in total. The lowest BCUT2D eigenvalue weighted by molar-refractivity contribution is 0.662. The van der Waals surface area contributed by atoms with Crippen LogP contribution in [0.5, 0.6) is 0 Å². The van der Waals surface area contributed by atoms with E-state index in [2.05, 4.69) is 42.6 Å². The van der Waals surface area contributed by atoms with Crippen molar-refractivity contribution in [1.82, 2.24) is 5.32 Å². The van der Waals surface area contributed by atoms with Crippen LogP contribution in [0.2, 0.25) is 5.02 Å². The third-order valence-corrected chi connectivity index (χ3v) is 4.74. The van der Waals surface area contributed by atoms with E-state index >= 15 is 0 Å². The number of hydrogen-bond acceptors (Lipinski definition) is 2. The second-order valence-electron chi connectivity index (χ2n) is 4.44. The SMILES string of the molecule is CNC(CSc1ccccc1C)c1ccccc1Cl. The Morgan fingerprint density at radius 1 is 1.11 bits per heavy atom. The molecule has 0 bridgehead atoms. The Kier molecular flexibility index (Phi) is 5.32. The average Bonchev–Trinajstić information content (AvgIpc) is 2.43. The van der Waals surface area contributed by atoms with E-state index in [1.807, 2.05) is 37.0 Å². The lowest BCUT2D eigenvalue weighted by Crippen LogP contribution is -2.19. The molecule has 1 nitrogen and oxygen atoms in total. The molecule has 3 heteroatoms. The van der Waals surface area contributed by atoms with Crippen LogP contribution in [0, 0.1) is 6.92 Å². The Morgan fingerprint density at radius 2 is 1.79 bits per heavy atom. The number of nitrogens with one attached hydrogen (secondary N) is 1. The first-order valence-corrected chi connectivity index (χ1v) is 7.69. The first kappa shape index (κ1) is 14.4. The third-order valence-electron chi connectivity index (χ3n) is 3.13. The highest BCUT2D eigenvalue weighted by Crippen LogP contribution is 2.29. The van der Waals surface area contributed by atoms with Crippen LogP contribution in [0.1, 0.15) is 17.2 Å². The van der Waals surface area contributed by atoms with Crippen molar-refractivity contribution in [3.8, 4) is 0 Å². The first-order valence-electron chi connectivity index (χ1n) is 6.32. The van der Waals surface area contributed by atoms with Crippen molar-refractivity contribution >= 4 is 23.4 Å². The Bertz CT molecular complexity index is 542. The van der Waals surface area contributed by atoms with E-state index in [0.29, 0.717) is 0 Å². The zero-order valence-corrected chi connectivity index (χ0v) is 12.8. The summed E-state index contributed by atoms with van der Waals surface area (Å²) >= 11 is 8.12. The van der Waals surface area contributed by atoms with Crippen molar-refractivity contribution < 1.29 is 0 Å². The van der Waals surface area contributed by atoms with E-state index in [1.165, 1.54) is 10.5 Å². The number of halogens is 1. The fraction of sp³-hybridized carbons (Fsp3) is 0.250. The molecule has 0 heterocycles. The predicted molar refractivity (Wildman–Crippen MR) is 85.2 cm³/mol. The van der Waals surface area contributed by atoms with Crippen LogP contribution in [-0.4, -0.2) is 12.8 Å². The average molecular weight is 292 g/mol. The summed E-state index contributed by atoms with van der Waals surface area (Å²) in [6.45, 7) is 2.15. The largest absolute Gasteiger partial charge is 0.312 e. The Balaban J connectivity index is 2.09. The summed E-state index contributed by atoms with van der Waals surface area (Å²) in [5.41, 5.74) is 2.48. The molecule has 0 saturated carbocycles. The van der Waals surface area contributed by atoms with E-state index in [-0.39, 0.29) is 6.04 Å². The predicted octanol–water partition coefficient (Wildman–Crippen LogP) is 4.70. The Morgan fingerprint density at radius 3 is 2.47 bits per heavy atom. The molecule has 2 aromatic carbocycles. The van der Waals surface area contributed by atoms with E-state index in [4.69, 9.17) is 11.6 Å². The van der Waals surface area contributed by atoms with Gasteiger partial charge in [-0.2, -0.15) is 0 Å². The van der Waals surface area contributed by atoms with Crippen molar-refractivity contribution in [3.05, 3.63) is 64.7 Å². The standard InChI is InChI=1S/C16H18ClNS/c1-12-7-3-6-10-16(12)19-11-15(18-2)13-8-4-5-9-14(13)17/h3-10,15,18H,11H2,1-2H3. The maximum Gasteiger partial charge on any atom is 0.0454 e. The summed E-state index contributed by atoms with van der Waals surface area (Å²) in [6.07, 6.45) is 0. The Labute approximate surface area is 124 Å². The van der Waals surface area contributed by atoms with E-state index in [9.17, 15) is 0 Å². The van der Waals surface area contributed by atoms with Gasteiger partial charge in [0.05, 0.1) is 0 Å². The minimum atomic E-state index is 0.262. The minimum Gasteiger partial charge on any atom is -0.312 e. The number of rotatable bonds is 5. The van der Waals surface area contributed by atoms with Gasteiger partial charge in [0.2, 0.25) is 0 Å². The van der Waals surface area contributed by atoms with Crippen LogP contribution in [0.3, 0.4) is 0 Å². The highest BCUT2D eigenvalue weighted by Gasteiger charge is 2.13. The Hall–Kier alpha value is -0.960. The van der Waals surface area contributed by atoms with Crippen LogP contribution in [0.15, 0.2) is 53.4 Å². The molecular formula is C16H18ClNS. The van der Waals surface area contributed by atoms with E-state index < -0.39 is 0 Å². The third kappa shape index (κ3) is 3.75. The van der Waals surface area contributed by atoms with Crippen LogP contribution in [0.25, 0.3) is 0 Å². The monoisotopic (exact) mass is 291 g/mol. The minimum absolute atomic E-state index is 0.262. The molecule has 1 unspecified atom stereocenters. The van der Waals surface area contributed by atoms with Gasteiger partial charge in [0.15, 0.2) is 0 Å². The zero-order chi connectivity index (χ0) is 13.7. The summed E-state index contributed by atoms with van der Waals surface area (Å²) in [5, 5.41) is 4.17. The fourth-order valence-corrected chi connectivity index (χ4v) is 3.41. The smallest absolute Gasteiger partial charge is 0.0454 e. The normalized spacial score (nSPS) is 12.4. The topological polar surface area (TPSA) is 12.0 Å². The summed E-state index contributed by atoms with van der Waals surface area (Å²) < 4.78 is 0. The van der Waals surface area contributed by atoms with Gasteiger partial charge in [-0.1, -0.05) is 48.0 Å². The summed E-state index contributed by atoms with van der Waals surface area (Å²) in [4.78, 5) is 1.33. The van der Waals surface area contributed by atoms with E-state index in [1.54, 1.807) is 0 Å². The van der Waals surface area contributed by atoms with Gasteiger partial charge >= 0.3 is 0 Å². The number of hydrogen-bond donors (Lipinski definition) is 1. The van der Waals surface area contributed by atoms with Crippen molar-refractivity contribution in [1.29, 1.82) is 0 Å². The van der Waals surface area contributed by atoms with Gasteiger partial charge in [-0.05, 0) is 37.2 Å². The summed E-state index contributed by atoms with van der Waals surface area (Å²) in [6, 6.07) is 16.8. The maximum absolute atomic E-state index is 6.26. The maximum atomic E-state index is 6.26. The zero-order valence-electron chi connectivity index (χ0n) is 11.2.